The van der Waals surface area contributed by atoms with Gasteiger partial charge in [0, 0.05) is 0 Å². The lowest BCUT2D eigenvalue weighted by atomic mass is 9.74. The summed E-state index contributed by atoms with van der Waals surface area (Å²) < 4.78 is 0. The van der Waals surface area contributed by atoms with E-state index in [9.17, 15) is 5.11 Å². The Balaban J connectivity index is 1.98. The van der Waals surface area contributed by atoms with Crippen molar-refractivity contribution in [3.8, 4) is 0 Å². The average Bonchev–Trinajstić information content (AvgIpc) is 2.46. The van der Waals surface area contributed by atoms with Gasteiger partial charge in [-0.3, -0.25) is 0 Å². The minimum Gasteiger partial charge on any atom is -0.388 e. The second-order valence-corrected chi connectivity index (χ2v) is 7.71. The molecule has 118 valence electrons. The molecule has 21 heavy (non-hydrogen) atoms. The van der Waals surface area contributed by atoms with Gasteiger partial charge in [0.15, 0.2) is 0 Å². The summed E-state index contributed by atoms with van der Waals surface area (Å²) in [5.41, 5.74) is 2.48. The molecule has 1 aliphatic carbocycles. The molecule has 0 aromatic heterocycles. The molecule has 1 heteroatoms. The van der Waals surface area contributed by atoms with E-state index in [0.29, 0.717) is 11.8 Å². The number of hydrogen-bond donors (Lipinski definition) is 1. The molecule has 1 aromatic rings. The highest BCUT2D eigenvalue weighted by Crippen LogP contribution is 2.39. The molecule has 1 N–H and O–H groups in total. The summed E-state index contributed by atoms with van der Waals surface area (Å²) in [6.45, 7) is 9.15. The normalized spacial score (nSPS) is 24.5. The number of benzene rings is 1. The second-order valence-electron chi connectivity index (χ2n) is 7.71. The first-order valence-corrected chi connectivity index (χ1v) is 8.74. The van der Waals surface area contributed by atoms with E-state index in [2.05, 4.69) is 52.0 Å². The first-order valence-electron chi connectivity index (χ1n) is 8.74. The van der Waals surface area contributed by atoms with Crippen LogP contribution in [-0.4, -0.2) is 5.11 Å². The Hall–Kier alpha value is -0.820. The van der Waals surface area contributed by atoms with Crippen molar-refractivity contribution >= 4 is 0 Å². The molecule has 0 heterocycles. The zero-order chi connectivity index (χ0) is 15.4. The Morgan fingerprint density at radius 3 is 2.19 bits per heavy atom. The van der Waals surface area contributed by atoms with Gasteiger partial charge in [0.05, 0.1) is 6.10 Å². The fraction of sp³-hybridized carbons (Fsp3) is 0.700. The van der Waals surface area contributed by atoms with Crippen LogP contribution >= 0.6 is 0 Å². The van der Waals surface area contributed by atoms with Crippen molar-refractivity contribution in [2.75, 3.05) is 0 Å². The van der Waals surface area contributed by atoms with Crippen LogP contribution in [0.15, 0.2) is 24.3 Å². The van der Waals surface area contributed by atoms with Gasteiger partial charge in [0.25, 0.3) is 0 Å². The van der Waals surface area contributed by atoms with Crippen LogP contribution < -0.4 is 0 Å². The van der Waals surface area contributed by atoms with Crippen LogP contribution in [0.2, 0.25) is 0 Å². The highest BCUT2D eigenvalue weighted by molar-refractivity contribution is 5.26. The second kappa shape index (κ2) is 7.45. The first kappa shape index (κ1) is 16.5. The molecule has 1 aliphatic rings. The zero-order valence-electron chi connectivity index (χ0n) is 14.2. The van der Waals surface area contributed by atoms with Crippen LogP contribution in [0.25, 0.3) is 0 Å². The Morgan fingerprint density at radius 1 is 1.00 bits per heavy atom. The molecule has 0 bridgehead atoms. The van der Waals surface area contributed by atoms with Crippen molar-refractivity contribution < 1.29 is 5.11 Å². The molecule has 1 saturated carbocycles. The van der Waals surface area contributed by atoms with E-state index in [0.717, 1.165) is 23.8 Å². The molecule has 0 aliphatic heterocycles. The highest BCUT2D eigenvalue weighted by Gasteiger charge is 2.28. The monoisotopic (exact) mass is 288 g/mol. The summed E-state index contributed by atoms with van der Waals surface area (Å²) in [7, 11) is 0. The molecule has 1 aromatic carbocycles. The number of hydrogen-bond acceptors (Lipinski definition) is 1. The molecular weight excluding hydrogens is 256 g/mol. The van der Waals surface area contributed by atoms with Gasteiger partial charge in [-0.15, -0.1) is 0 Å². The molecule has 1 unspecified atom stereocenters. The Morgan fingerprint density at radius 2 is 1.62 bits per heavy atom. The third-order valence-corrected chi connectivity index (χ3v) is 5.14. The molecule has 1 atom stereocenters. The van der Waals surface area contributed by atoms with Gasteiger partial charge in [-0.2, -0.15) is 0 Å². The van der Waals surface area contributed by atoms with Crippen LogP contribution in [0, 0.1) is 23.7 Å². The van der Waals surface area contributed by atoms with Crippen LogP contribution in [0.5, 0.6) is 0 Å². The third kappa shape index (κ3) is 4.57. The van der Waals surface area contributed by atoms with Crippen LogP contribution in [0.3, 0.4) is 0 Å². The fourth-order valence-corrected chi connectivity index (χ4v) is 3.78. The highest BCUT2D eigenvalue weighted by atomic mass is 16.3. The maximum Gasteiger partial charge on any atom is 0.0818 e. The predicted molar refractivity (Wildman–Crippen MR) is 90.2 cm³/mol. The van der Waals surface area contributed by atoms with Crippen molar-refractivity contribution in [1.82, 2.24) is 0 Å². The van der Waals surface area contributed by atoms with Gasteiger partial charge in [0.2, 0.25) is 0 Å². The minimum atomic E-state index is -0.273. The third-order valence-electron chi connectivity index (χ3n) is 5.14. The van der Waals surface area contributed by atoms with E-state index in [1.807, 2.05) is 0 Å². The lowest BCUT2D eigenvalue weighted by Crippen LogP contribution is -2.23. The van der Waals surface area contributed by atoms with Crippen LogP contribution in [0.4, 0.5) is 0 Å². The molecule has 0 amide bonds. The number of rotatable bonds is 5. The molecule has 0 spiro atoms. The molecular formula is C20H32O. The molecule has 0 radical (unpaired) electrons. The van der Waals surface area contributed by atoms with E-state index < -0.39 is 0 Å². The fourth-order valence-electron chi connectivity index (χ4n) is 3.78. The lowest BCUT2D eigenvalue weighted by molar-refractivity contribution is 0.0667. The van der Waals surface area contributed by atoms with Crippen molar-refractivity contribution in [2.45, 2.75) is 65.9 Å². The maximum atomic E-state index is 10.7. The van der Waals surface area contributed by atoms with E-state index in [-0.39, 0.29) is 6.10 Å². The van der Waals surface area contributed by atoms with Crippen LogP contribution in [-0.2, 0) is 6.42 Å². The van der Waals surface area contributed by atoms with Crippen molar-refractivity contribution in [2.24, 2.45) is 23.7 Å². The van der Waals surface area contributed by atoms with Crippen LogP contribution in [0.1, 0.15) is 70.6 Å². The molecule has 2 rings (SSSR count). The zero-order valence-corrected chi connectivity index (χ0v) is 14.2. The van der Waals surface area contributed by atoms with Gasteiger partial charge in [-0.25, -0.2) is 0 Å². The van der Waals surface area contributed by atoms with Gasteiger partial charge in [-0.05, 0) is 66.9 Å². The average molecular weight is 288 g/mol. The largest absolute Gasteiger partial charge is 0.388 e. The topological polar surface area (TPSA) is 20.2 Å². The predicted octanol–water partition coefficient (Wildman–Crippen LogP) is 5.38. The molecule has 0 saturated heterocycles. The summed E-state index contributed by atoms with van der Waals surface area (Å²) >= 11 is 0. The maximum absolute atomic E-state index is 10.7. The standard InChI is InChI=1S/C20H32O/c1-14(2)12-16-6-5-7-19(13-16)20(21)18-10-8-17(9-11-18)15(3)4/h5-7,13-15,17-18,20-21H,8-12H2,1-4H3. The quantitative estimate of drug-likeness (QED) is 0.771. The summed E-state index contributed by atoms with van der Waals surface area (Å²) in [6.07, 6.45) is 5.75. The Kier molecular flexibility index (Phi) is 5.87. The number of aliphatic hydroxyl groups excluding tert-OH is 1. The van der Waals surface area contributed by atoms with Gasteiger partial charge in [-0.1, -0.05) is 52.0 Å². The van der Waals surface area contributed by atoms with E-state index in [4.69, 9.17) is 0 Å². The SMILES string of the molecule is CC(C)Cc1cccc(C(O)C2CCC(C(C)C)CC2)c1. The summed E-state index contributed by atoms with van der Waals surface area (Å²) in [6, 6.07) is 8.62. The van der Waals surface area contributed by atoms with E-state index in [1.54, 1.807) is 0 Å². The van der Waals surface area contributed by atoms with Crippen molar-refractivity contribution in [1.29, 1.82) is 0 Å². The minimum absolute atomic E-state index is 0.273. The van der Waals surface area contributed by atoms with Gasteiger partial charge in [0.1, 0.15) is 0 Å². The Labute approximate surface area is 130 Å². The van der Waals surface area contributed by atoms with E-state index >= 15 is 0 Å². The summed E-state index contributed by atoms with van der Waals surface area (Å²) in [4.78, 5) is 0. The first-order chi connectivity index (χ1) is 9.97. The van der Waals surface area contributed by atoms with E-state index in [1.165, 1.54) is 31.2 Å². The number of aliphatic hydroxyl groups is 1. The van der Waals surface area contributed by atoms with Gasteiger partial charge >= 0.3 is 0 Å². The molecule has 1 nitrogen and oxygen atoms in total. The van der Waals surface area contributed by atoms with Crippen molar-refractivity contribution in [3.63, 3.8) is 0 Å². The smallest absolute Gasteiger partial charge is 0.0818 e. The van der Waals surface area contributed by atoms with Crippen molar-refractivity contribution in [3.05, 3.63) is 35.4 Å². The Bertz CT molecular complexity index is 427. The molecule has 1 fully saturated rings. The lowest BCUT2D eigenvalue weighted by Gasteiger charge is -2.33. The summed E-state index contributed by atoms with van der Waals surface area (Å²) in [5, 5.41) is 10.7. The summed E-state index contributed by atoms with van der Waals surface area (Å²) in [5.74, 6) is 2.77. The van der Waals surface area contributed by atoms with Gasteiger partial charge < -0.3 is 5.11 Å².